The highest BCUT2D eigenvalue weighted by molar-refractivity contribution is 7.81. The first-order chi connectivity index (χ1) is 9.25. The van der Waals surface area contributed by atoms with Crippen molar-refractivity contribution in [1.82, 2.24) is 5.32 Å². The van der Waals surface area contributed by atoms with Gasteiger partial charge in [0.25, 0.3) is 0 Å². The lowest BCUT2D eigenvalue weighted by Gasteiger charge is -2.23. The van der Waals surface area contributed by atoms with Crippen LogP contribution in [0.25, 0.3) is 0 Å². The summed E-state index contributed by atoms with van der Waals surface area (Å²) in [6.45, 7) is 2.31. The molecular weight excluding hydrogens is 258 g/mol. The third kappa shape index (κ3) is 4.88. The summed E-state index contributed by atoms with van der Waals surface area (Å²) in [6.07, 6.45) is 2.89. The summed E-state index contributed by atoms with van der Waals surface area (Å²) >= 11 is 4.39. The fraction of sp³-hybridized carbons (Fsp3) is 0.533. The van der Waals surface area contributed by atoms with E-state index in [-0.39, 0.29) is 11.2 Å². The quantitative estimate of drug-likeness (QED) is 0.810. The Bertz CT molecular complexity index is 390. The summed E-state index contributed by atoms with van der Waals surface area (Å²) in [7, 11) is 0. The van der Waals surface area contributed by atoms with Gasteiger partial charge < -0.3 is 10.1 Å². The second kappa shape index (κ2) is 7.56. The van der Waals surface area contributed by atoms with Crippen molar-refractivity contribution < 1.29 is 9.53 Å². The highest BCUT2D eigenvalue weighted by Gasteiger charge is 2.18. The van der Waals surface area contributed by atoms with Crippen LogP contribution in [0.1, 0.15) is 18.4 Å². The maximum absolute atomic E-state index is 12.0. The Morgan fingerprint density at radius 3 is 2.89 bits per heavy atom. The fourth-order valence-corrected chi connectivity index (χ4v) is 2.56. The zero-order valence-corrected chi connectivity index (χ0v) is 11.9. The number of nitrogens with one attached hydrogen (secondary N) is 1. The Balaban J connectivity index is 1.73. The van der Waals surface area contributed by atoms with Crippen molar-refractivity contribution >= 4 is 18.5 Å². The fourth-order valence-electron chi connectivity index (χ4n) is 2.26. The molecule has 4 heteroatoms. The van der Waals surface area contributed by atoms with Crippen molar-refractivity contribution in [3.05, 3.63) is 35.9 Å². The van der Waals surface area contributed by atoms with Crippen LogP contribution in [0, 0.1) is 5.92 Å². The van der Waals surface area contributed by atoms with Gasteiger partial charge in [0, 0.05) is 13.2 Å². The molecule has 1 N–H and O–H groups in total. The molecule has 0 saturated carbocycles. The van der Waals surface area contributed by atoms with Gasteiger partial charge in [-0.1, -0.05) is 30.3 Å². The van der Waals surface area contributed by atoms with Crippen molar-refractivity contribution in [3.63, 3.8) is 0 Å². The van der Waals surface area contributed by atoms with E-state index in [1.54, 1.807) is 0 Å². The van der Waals surface area contributed by atoms with Gasteiger partial charge in [0.2, 0.25) is 5.91 Å². The van der Waals surface area contributed by atoms with Crippen LogP contribution in [0.3, 0.4) is 0 Å². The number of benzene rings is 1. The van der Waals surface area contributed by atoms with E-state index < -0.39 is 0 Å². The molecule has 2 atom stereocenters. The van der Waals surface area contributed by atoms with Crippen LogP contribution in [0.5, 0.6) is 0 Å². The summed E-state index contributed by atoms with van der Waals surface area (Å²) in [5.41, 5.74) is 1.14. The molecule has 0 aromatic heterocycles. The highest BCUT2D eigenvalue weighted by atomic mass is 32.1. The molecule has 104 valence electrons. The Morgan fingerprint density at radius 2 is 2.21 bits per heavy atom. The molecule has 1 aromatic rings. The molecule has 1 aromatic carbocycles. The van der Waals surface area contributed by atoms with Crippen LogP contribution in [0.4, 0.5) is 0 Å². The van der Waals surface area contributed by atoms with Crippen molar-refractivity contribution in [1.29, 1.82) is 0 Å². The third-order valence-corrected chi connectivity index (χ3v) is 3.81. The van der Waals surface area contributed by atoms with Crippen LogP contribution < -0.4 is 5.32 Å². The van der Waals surface area contributed by atoms with Crippen molar-refractivity contribution in [2.45, 2.75) is 24.5 Å². The van der Waals surface area contributed by atoms with E-state index in [1.807, 2.05) is 30.3 Å². The monoisotopic (exact) mass is 279 g/mol. The van der Waals surface area contributed by atoms with Crippen LogP contribution in [0.2, 0.25) is 0 Å². The van der Waals surface area contributed by atoms with E-state index in [0.29, 0.717) is 18.9 Å². The summed E-state index contributed by atoms with van der Waals surface area (Å²) in [4.78, 5) is 12.0. The first-order valence-corrected chi connectivity index (χ1v) is 7.35. The Hall–Kier alpha value is -1.00. The van der Waals surface area contributed by atoms with Gasteiger partial charge >= 0.3 is 0 Å². The lowest BCUT2D eigenvalue weighted by atomic mass is 10.0. The molecule has 1 aliphatic rings. The predicted molar refractivity (Wildman–Crippen MR) is 79.5 cm³/mol. The predicted octanol–water partition coefficient (Wildman–Crippen LogP) is 2.07. The molecule has 0 aliphatic carbocycles. The van der Waals surface area contributed by atoms with Gasteiger partial charge in [-0.05, 0) is 30.7 Å². The molecule has 19 heavy (non-hydrogen) atoms. The van der Waals surface area contributed by atoms with E-state index >= 15 is 0 Å². The molecular formula is C15H21NO2S. The molecule has 1 heterocycles. The molecule has 1 amide bonds. The smallest absolute Gasteiger partial charge is 0.233 e. The zero-order chi connectivity index (χ0) is 13.5. The molecule has 3 nitrogen and oxygen atoms in total. The molecule has 0 spiro atoms. The number of hydrogen-bond acceptors (Lipinski definition) is 3. The SMILES string of the molecule is O=C(NCC1CCCOC1)C(S)Cc1ccccc1. The van der Waals surface area contributed by atoms with Gasteiger partial charge in [-0.15, -0.1) is 0 Å². The highest BCUT2D eigenvalue weighted by Crippen LogP contribution is 2.13. The van der Waals surface area contributed by atoms with Crippen LogP contribution >= 0.6 is 12.6 Å². The minimum atomic E-state index is -0.285. The molecule has 1 aliphatic heterocycles. The van der Waals surface area contributed by atoms with Gasteiger partial charge in [0.15, 0.2) is 0 Å². The number of rotatable bonds is 5. The van der Waals surface area contributed by atoms with Crippen molar-refractivity contribution in [2.75, 3.05) is 19.8 Å². The van der Waals surface area contributed by atoms with Gasteiger partial charge in [-0.25, -0.2) is 0 Å². The maximum Gasteiger partial charge on any atom is 0.233 e. The first kappa shape index (κ1) is 14.4. The van der Waals surface area contributed by atoms with E-state index in [2.05, 4.69) is 17.9 Å². The van der Waals surface area contributed by atoms with Gasteiger partial charge in [0.05, 0.1) is 11.9 Å². The van der Waals surface area contributed by atoms with E-state index in [9.17, 15) is 4.79 Å². The normalized spacial score (nSPS) is 20.8. The lowest BCUT2D eigenvalue weighted by molar-refractivity contribution is -0.120. The summed E-state index contributed by atoms with van der Waals surface area (Å²) < 4.78 is 5.40. The third-order valence-electron chi connectivity index (χ3n) is 3.39. The van der Waals surface area contributed by atoms with Gasteiger partial charge in [0.1, 0.15) is 0 Å². The van der Waals surface area contributed by atoms with Crippen LogP contribution in [-0.2, 0) is 16.0 Å². The minimum Gasteiger partial charge on any atom is -0.381 e. The molecule has 1 saturated heterocycles. The first-order valence-electron chi connectivity index (χ1n) is 6.83. The standard InChI is InChI=1S/C15H21NO2S/c17-15(16-10-13-7-4-8-18-11-13)14(19)9-12-5-2-1-3-6-12/h1-3,5-6,13-14,19H,4,7-11H2,(H,16,17). The maximum atomic E-state index is 12.0. The zero-order valence-electron chi connectivity index (χ0n) is 11.0. The van der Waals surface area contributed by atoms with Crippen molar-refractivity contribution in [2.24, 2.45) is 5.92 Å². The number of thiol groups is 1. The molecule has 2 unspecified atom stereocenters. The molecule has 1 fully saturated rings. The number of amides is 1. The second-order valence-corrected chi connectivity index (χ2v) is 5.66. The van der Waals surface area contributed by atoms with Crippen LogP contribution in [0.15, 0.2) is 30.3 Å². The summed E-state index contributed by atoms with van der Waals surface area (Å²) in [5, 5.41) is 2.69. The Kier molecular flexibility index (Phi) is 5.73. The molecule has 0 radical (unpaired) electrons. The number of ether oxygens (including phenoxy) is 1. The summed E-state index contributed by atoms with van der Waals surface area (Å²) in [5.74, 6) is 0.465. The Morgan fingerprint density at radius 1 is 1.42 bits per heavy atom. The van der Waals surface area contributed by atoms with E-state index in [4.69, 9.17) is 4.74 Å². The lowest BCUT2D eigenvalue weighted by Crippen LogP contribution is -2.38. The Labute approximate surface area is 120 Å². The average Bonchev–Trinajstić information content (AvgIpc) is 2.47. The largest absolute Gasteiger partial charge is 0.381 e. The van der Waals surface area contributed by atoms with Crippen LogP contribution in [-0.4, -0.2) is 30.9 Å². The topological polar surface area (TPSA) is 38.3 Å². The van der Waals surface area contributed by atoms with Crippen molar-refractivity contribution in [3.8, 4) is 0 Å². The number of carbonyl (C=O) groups excluding carboxylic acids is 1. The average molecular weight is 279 g/mol. The number of hydrogen-bond donors (Lipinski definition) is 2. The number of carbonyl (C=O) groups is 1. The molecule has 0 bridgehead atoms. The summed E-state index contributed by atoms with van der Waals surface area (Å²) in [6, 6.07) is 9.97. The van der Waals surface area contributed by atoms with E-state index in [1.165, 1.54) is 0 Å². The van der Waals surface area contributed by atoms with Gasteiger partial charge in [-0.3, -0.25) is 4.79 Å². The molecule has 2 rings (SSSR count). The van der Waals surface area contributed by atoms with E-state index in [0.717, 1.165) is 31.6 Å². The minimum absolute atomic E-state index is 0.0118. The van der Waals surface area contributed by atoms with Gasteiger partial charge in [-0.2, -0.15) is 12.6 Å². The second-order valence-electron chi connectivity index (χ2n) is 5.03.